The van der Waals surface area contributed by atoms with E-state index in [1.54, 1.807) is 37.3 Å². The number of rotatable bonds is 5. The molecule has 0 aliphatic rings. The molecule has 0 saturated carbocycles. The zero-order chi connectivity index (χ0) is 20.5. The van der Waals surface area contributed by atoms with Gasteiger partial charge in [0, 0.05) is 23.5 Å². The van der Waals surface area contributed by atoms with E-state index in [-0.39, 0.29) is 18.3 Å². The maximum absolute atomic E-state index is 12.7. The fourth-order valence-electron chi connectivity index (χ4n) is 3.12. The topological polar surface area (TPSA) is 72.5 Å². The van der Waals surface area contributed by atoms with Crippen LogP contribution in [0.1, 0.15) is 34.3 Å². The minimum Gasteiger partial charge on any atom is -0.457 e. The Morgan fingerprint density at radius 3 is 2.32 bits per heavy atom. The van der Waals surface area contributed by atoms with Crippen LogP contribution in [0.15, 0.2) is 54.6 Å². The molecule has 28 heavy (non-hydrogen) atoms. The Kier molecular flexibility index (Phi) is 5.29. The molecule has 1 atom stereocenters. The van der Waals surface area contributed by atoms with Gasteiger partial charge in [-0.05, 0) is 53.4 Å². The number of carbonyl (C=O) groups excluding carboxylic acids is 1. The molecule has 0 fully saturated rings. The molecule has 0 radical (unpaired) electrons. The molecule has 0 spiro atoms. The summed E-state index contributed by atoms with van der Waals surface area (Å²) in [5.41, 5.74) is 5.61. The number of nitrogens with two attached hydrogens (primary N) is 1. The molecule has 0 heterocycles. The van der Waals surface area contributed by atoms with Crippen LogP contribution in [0, 0.1) is 0 Å². The van der Waals surface area contributed by atoms with Crippen LogP contribution < -0.4 is 10.5 Å². The highest BCUT2D eigenvalue weighted by Crippen LogP contribution is 2.37. The highest BCUT2D eigenvalue weighted by molar-refractivity contribution is 6.02. The summed E-state index contributed by atoms with van der Waals surface area (Å²) in [4.78, 5) is 11.8. The van der Waals surface area contributed by atoms with Crippen molar-refractivity contribution in [2.24, 2.45) is 5.73 Å². The molecule has 0 aliphatic heterocycles. The van der Waals surface area contributed by atoms with Gasteiger partial charge in [0.1, 0.15) is 11.5 Å². The van der Waals surface area contributed by atoms with Gasteiger partial charge < -0.3 is 15.6 Å². The number of benzene rings is 3. The zero-order valence-electron chi connectivity index (χ0n) is 15.0. The molecule has 0 aromatic heterocycles. The lowest BCUT2D eigenvalue weighted by Gasteiger charge is -2.18. The lowest BCUT2D eigenvalue weighted by atomic mass is 9.90. The summed E-state index contributed by atoms with van der Waals surface area (Å²) in [5.74, 6) is -0.283. The maximum atomic E-state index is 12.7. The first-order valence-corrected chi connectivity index (χ1v) is 8.53. The van der Waals surface area contributed by atoms with Gasteiger partial charge in [0.05, 0.1) is 5.56 Å². The molecular weight excluding hydrogens is 371 g/mol. The van der Waals surface area contributed by atoms with Crippen LogP contribution in [-0.2, 0) is 6.18 Å². The summed E-state index contributed by atoms with van der Waals surface area (Å²) in [6.07, 6.45) is -4.42. The molecule has 0 aliphatic carbocycles. The van der Waals surface area contributed by atoms with Crippen molar-refractivity contribution in [3.63, 3.8) is 0 Å². The molecule has 146 valence electrons. The van der Waals surface area contributed by atoms with Crippen LogP contribution in [0.5, 0.6) is 11.5 Å². The minimum atomic E-state index is -4.42. The average molecular weight is 389 g/mol. The first-order chi connectivity index (χ1) is 13.2. The van der Waals surface area contributed by atoms with Crippen molar-refractivity contribution in [1.29, 1.82) is 0 Å². The van der Waals surface area contributed by atoms with Crippen LogP contribution in [0.25, 0.3) is 10.8 Å². The van der Waals surface area contributed by atoms with Crippen LogP contribution in [0.2, 0.25) is 0 Å². The van der Waals surface area contributed by atoms with Gasteiger partial charge in [0.15, 0.2) is 0 Å². The van der Waals surface area contributed by atoms with E-state index in [4.69, 9.17) is 10.5 Å². The van der Waals surface area contributed by atoms with E-state index in [0.717, 1.165) is 12.1 Å². The van der Waals surface area contributed by atoms with Gasteiger partial charge in [0.2, 0.25) is 5.91 Å². The second-order valence-electron chi connectivity index (χ2n) is 6.45. The number of fused-ring (bicyclic) bond motifs is 1. The molecule has 0 bridgehead atoms. The van der Waals surface area contributed by atoms with Crippen molar-refractivity contribution in [1.82, 2.24) is 0 Å². The molecular formula is C21H18F3NO3. The van der Waals surface area contributed by atoms with E-state index in [1.165, 1.54) is 12.1 Å². The molecule has 3 rings (SSSR count). The predicted molar refractivity (Wildman–Crippen MR) is 99.5 cm³/mol. The molecule has 1 amide bonds. The van der Waals surface area contributed by atoms with Crippen molar-refractivity contribution in [3.8, 4) is 11.5 Å². The van der Waals surface area contributed by atoms with Crippen LogP contribution in [0.4, 0.5) is 13.2 Å². The monoisotopic (exact) mass is 389 g/mol. The van der Waals surface area contributed by atoms with Gasteiger partial charge in [0.25, 0.3) is 0 Å². The molecule has 7 heteroatoms. The lowest BCUT2D eigenvalue weighted by molar-refractivity contribution is -0.137. The summed E-state index contributed by atoms with van der Waals surface area (Å²) >= 11 is 0. The molecule has 4 nitrogen and oxygen atoms in total. The second-order valence-corrected chi connectivity index (χ2v) is 6.45. The number of aliphatic hydroxyl groups is 1. The third-order valence-corrected chi connectivity index (χ3v) is 4.50. The highest BCUT2D eigenvalue weighted by Gasteiger charge is 2.30. The number of amides is 1. The van der Waals surface area contributed by atoms with Crippen LogP contribution in [0.3, 0.4) is 0 Å². The Labute approximate surface area is 159 Å². The quantitative estimate of drug-likeness (QED) is 0.656. The second kappa shape index (κ2) is 7.52. The third-order valence-electron chi connectivity index (χ3n) is 4.50. The standard InChI is InChI=1S/C21H18F3NO3/c1-12(11-26)19-16-3-2-4-18(15(16)9-10-17(19)20(25)27)28-14-7-5-13(6-8-14)21(22,23)24/h2-10,12,26H,11H2,1H3,(H2,25,27). The van der Waals surface area contributed by atoms with Gasteiger partial charge in [-0.1, -0.05) is 19.1 Å². The van der Waals surface area contributed by atoms with E-state index >= 15 is 0 Å². The van der Waals surface area contributed by atoms with E-state index in [9.17, 15) is 23.1 Å². The van der Waals surface area contributed by atoms with Gasteiger partial charge in [-0.3, -0.25) is 4.79 Å². The number of ether oxygens (including phenoxy) is 1. The van der Waals surface area contributed by atoms with E-state index < -0.39 is 17.6 Å². The van der Waals surface area contributed by atoms with Crippen molar-refractivity contribution in [2.45, 2.75) is 19.0 Å². The normalized spacial score (nSPS) is 12.8. The Bertz CT molecular complexity index is 1010. The van der Waals surface area contributed by atoms with E-state index in [2.05, 4.69) is 0 Å². The fraction of sp³-hybridized carbons (Fsp3) is 0.190. The van der Waals surface area contributed by atoms with Gasteiger partial charge in [-0.25, -0.2) is 0 Å². The highest BCUT2D eigenvalue weighted by atomic mass is 19.4. The summed E-state index contributed by atoms with van der Waals surface area (Å²) in [6, 6.07) is 12.8. The van der Waals surface area contributed by atoms with Crippen molar-refractivity contribution < 1.29 is 27.8 Å². The first-order valence-electron chi connectivity index (χ1n) is 8.53. The van der Waals surface area contributed by atoms with Crippen molar-refractivity contribution >= 4 is 16.7 Å². The number of hydrogen-bond donors (Lipinski definition) is 2. The molecule has 3 N–H and O–H groups in total. The molecule has 0 saturated heterocycles. The van der Waals surface area contributed by atoms with Crippen molar-refractivity contribution in [2.75, 3.05) is 6.61 Å². The fourth-order valence-corrected chi connectivity index (χ4v) is 3.12. The maximum Gasteiger partial charge on any atom is 0.416 e. The SMILES string of the molecule is CC(CO)c1c(C(N)=O)ccc2c(Oc3ccc(C(F)(F)F)cc3)cccc12. The molecule has 3 aromatic carbocycles. The van der Waals surface area contributed by atoms with E-state index in [1.807, 2.05) is 0 Å². The van der Waals surface area contributed by atoms with Gasteiger partial charge in [-0.15, -0.1) is 0 Å². The number of aliphatic hydroxyl groups excluding tert-OH is 1. The summed E-state index contributed by atoms with van der Waals surface area (Å²) in [6.45, 7) is 1.59. The third kappa shape index (κ3) is 3.80. The lowest BCUT2D eigenvalue weighted by Crippen LogP contribution is -2.16. The summed E-state index contributed by atoms with van der Waals surface area (Å²) in [7, 11) is 0. The largest absolute Gasteiger partial charge is 0.457 e. The van der Waals surface area contributed by atoms with Crippen LogP contribution >= 0.6 is 0 Å². The minimum absolute atomic E-state index is 0.177. The number of primary amides is 1. The Hall–Kier alpha value is -3.06. The Balaban J connectivity index is 2.07. The first kappa shape index (κ1) is 19.7. The zero-order valence-corrected chi connectivity index (χ0v) is 15.0. The number of carbonyl (C=O) groups is 1. The number of halogens is 3. The van der Waals surface area contributed by atoms with Crippen molar-refractivity contribution in [3.05, 3.63) is 71.3 Å². The van der Waals surface area contributed by atoms with Crippen LogP contribution in [-0.4, -0.2) is 17.6 Å². The number of hydrogen-bond acceptors (Lipinski definition) is 3. The van der Waals surface area contributed by atoms with Gasteiger partial charge in [-0.2, -0.15) is 13.2 Å². The predicted octanol–water partition coefficient (Wildman–Crippen LogP) is 4.85. The summed E-state index contributed by atoms with van der Waals surface area (Å²) < 4.78 is 43.9. The smallest absolute Gasteiger partial charge is 0.416 e. The molecule has 3 aromatic rings. The average Bonchev–Trinajstić information content (AvgIpc) is 2.66. The summed E-state index contributed by atoms with van der Waals surface area (Å²) in [5, 5.41) is 10.9. The van der Waals surface area contributed by atoms with Gasteiger partial charge >= 0.3 is 6.18 Å². The molecule has 1 unspecified atom stereocenters. The Morgan fingerprint density at radius 2 is 1.75 bits per heavy atom. The Morgan fingerprint density at radius 1 is 1.07 bits per heavy atom. The number of alkyl halides is 3. The van der Waals surface area contributed by atoms with E-state index in [0.29, 0.717) is 27.6 Å².